The summed E-state index contributed by atoms with van der Waals surface area (Å²) in [5.74, 6) is 0.681. The summed E-state index contributed by atoms with van der Waals surface area (Å²) in [6, 6.07) is 23.5. The molecule has 150 valence electrons. The maximum Gasteiger partial charge on any atom is 0.349 e. The highest BCUT2D eigenvalue weighted by atomic mass is 79.9. The third-order valence-corrected chi connectivity index (χ3v) is 5.76. The molecule has 3 nitrogen and oxygen atoms in total. The Bertz CT molecular complexity index is 963. The van der Waals surface area contributed by atoms with Crippen molar-refractivity contribution in [3.63, 3.8) is 0 Å². The average molecular weight is 453 g/mol. The van der Waals surface area contributed by atoms with Crippen molar-refractivity contribution in [2.24, 2.45) is 0 Å². The fraction of sp³-hybridized carbons (Fsp3) is 0.240. The van der Waals surface area contributed by atoms with Gasteiger partial charge in [-0.15, -0.1) is 0 Å². The second-order valence-electron chi connectivity index (χ2n) is 7.54. The Kier molecular flexibility index (Phi) is 6.75. The van der Waals surface area contributed by atoms with Crippen LogP contribution in [-0.2, 0) is 10.2 Å². The zero-order valence-electron chi connectivity index (χ0n) is 16.9. The molecule has 0 aliphatic heterocycles. The molecule has 0 aliphatic rings. The predicted molar refractivity (Wildman–Crippen MR) is 120 cm³/mol. The Morgan fingerprint density at radius 1 is 0.931 bits per heavy atom. The van der Waals surface area contributed by atoms with E-state index in [2.05, 4.69) is 36.7 Å². The van der Waals surface area contributed by atoms with Gasteiger partial charge in [-0.25, -0.2) is 4.79 Å². The molecule has 0 amide bonds. The molecular formula is C25H25BrO3. The first-order valence-corrected chi connectivity index (χ1v) is 10.5. The molecule has 0 aliphatic carbocycles. The largest absolute Gasteiger partial charge is 0.481 e. The van der Waals surface area contributed by atoms with Gasteiger partial charge in [-0.2, -0.15) is 0 Å². The van der Waals surface area contributed by atoms with Crippen molar-refractivity contribution in [2.75, 3.05) is 6.61 Å². The number of hydrogen-bond donors (Lipinski definition) is 0. The summed E-state index contributed by atoms with van der Waals surface area (Å²) in [6.45, 7) is 6.40. The number of esters is 1. The fourth-order valence-corrected chi connectivity index (χ4v) is 3.40. The van der Waals surface area contributed by atoms with E-state index in [4.69, 9.17) is 9.47 Å². The predicted octanol–water partition coefficient (Wildman–Crippen LogP) is 6.79. The molecule has 29 heavy (non-hydrogen) atoms. The first-order valence-electron chi connectivity index (χ1n) is 9.68. The van der Waals surface area contributed by atoms with E-state index in [0.717, 1.165) is 22.0 Å². The Balaban J connectivity index is 1.58. The molecule has 0 fully saturated rings. The Morgan fingerprint density at radius 2 is 1.62 bits per heavy atom. The summed E-state index contributed by atoms with van der Waals surface area (Å²) in [7, 11) is 0. The van der Waals surface area contributed by atoms with E-state index in [-0.39, 0.29) is 12.0 Å². The van der Waals surface area contributed by atoms with E-state index in [1.165, 1.54) is 5.56 Å². The number of carbonyl (C=O) groups is 1. The van der Waals surface area contributed by atoms with E-state index in [0.29, 0.717) is 11.5 Å². The lowest BCUT2D eigenvalue weighted by atomic mass is 9.82. The summed E-state index contributed by atoms with van der Waals surface area (Å²) in [6.07, 6.45) is 1.04. The Hall–Kier alpha value is -2.59. The summed E-state index contributed by atoms with van der Waals surface area (Å²) >= 11 is 3.52. The van der Waals surface area contributed by atoms with E-state index >= 15 is 0 Å². The SMILES string of the molecule is CCC(C)(C)c1ccc(OC(=O)COc2ccc(-c3ccccc3)cc2Br)cc1. The molecule has 3 aromatic rings. The third kappa shape index (κ3) is 5.48. The van der Waals surface area contributed by atoms with Gasteiger partial charge >= 0.3 is 5.97 Å². The molecule has 0 heterocycles. The van der Waals surface area contributed by atoms with Crippen molar-refractivity contribution in [1.82, 2.24) is 0 Å². The van der Waals surface area contributed by atoms with Crippen LogP contribution < -0.4 is 9.47 Å². The topological polar surface area (TPSA) is 35.5 Å². The van der Waals surface area contributed by atoms with Gasteiger partial charge in [-0.05, 0) is 68.7 Å². The van der Waals surface area contributed by atoms with Gasteiger partial charge in [0.25, 0.3) is 0 Å². The van der Waals surface area contributed by atoms with Crippen molar-refractivity contribution in [3.8, 4) is 22.6 Å². The van der Waals surface area contributed by atoms with Crippen molar-refractivity contribution in [3.05, 3.63) is 82.8 Å². The Labute approximate surface area is 180 Å². The van der Waals surface area contributed by atoms with Crippen molar-refractivity contribution in [2.45, 2.75) is 32.6 Å². The quantitative estimate of drug-likeness (QED) is 0.292. The van der Waals surface area contributed by atoms with Gasteiger partial charge in [-0.1, -0.05) is 69.3 Å². The third-order valence-electron chi connectivity index (χ3n) is 5.14. The van der Waals surface area contributed by atoms with Crippen molar-refractivity contribution in [1.29, 1.82) is 0 Å². The molecule has 0 unspecified atom stereocenters. The van der Waals surface area contributed by atoms with Crippen LogP contribution in [-0.4, -0.2) is 12.6 Å². The minimum atomic E-state index is -0.438. The van der Waals surface area contributed by atoms with E-state index < -0.39 is 5.97 Å². The zero-order valence-corrected chi connectivity index (χ0v) is 18.5. The highest BCUT2D eigenvalue weighted by molar-refractivity contribution is 9.10. The zero-order chi connectivity index (χ0) is 20.9. The minimum absolute atomic E-state index is 0.101. The number of hydrogen-bond acceptors (Lipinski definition) is 3. The normalized spacial score (nSPS) is 11.2. The van der Waals surface area contributed by atoms with Crippen LogP contribution in [0.25, 0.3) is 11.1 Å². The first kappa shape index (κ1) is 21.1. The van der Waals surface area contributed by atoms with Gasteiger partial charge in [0.15, 0.2) is 6.61 Å². The van der Waals surface area contributed by atoms with Gasteiger partial charge in [0.2, 0.25) is 0 Å². The lowest BCUT2D eigenvalue weighted by Gasteiger charge is -2.23. The molecule has 3 rings (SSSR count). The standard InChI is InChI=1S/C25H25BrO3/c1-4-25(2,3)20-11-13-21(14-12-20)29-24(27)17-28-23-15-10-19(16-22(23)26)18-8-6-5-7-9-18/h5-16H,4,17H2,1-3H3. The van der Waals surface area contributed by atoms with Crippen molar-refractivity contribution < 1.29 is 14.3 Å². The van der Waals surface area contributed by atoms with E-state index in [1.54, 1.807) is 0 Å². The number of rotatable bonds is 7. The van der Waals surface area contributed by atoms with Gasteiger partial charge < -0.3 is 9.47 Å². The average Bonchev–Trinajstić information content (AvgIpc) is 2.74. The second-order valence-corrected chi connectivity index (χ2v) is 8.39. The molecule has 0 atom stereocenters. The molecule has 0 saturated heterocycles. The van der Waals surface area contributed by atoms with Gasteiger partial charge in [0.05, 0.1) is 4.47 Å². The molecule has 0 saturated carbocycles. The monoisotopic (exact) mass is 452 g/mol. The first-order chi connectivity index (χ1) is 13.9. The lowest BCUT2D eigenvalue weighted by molar-refractivity contribution is -0.136. The second kappa shape index (κ2) is 9.27. The maximum absolute atomic E-state index is 12.2. The van der Waals surface area contributed by atoms with Gasteiger partial charge in [-0.3, -0.25) is 0 Å². The summed E-state index contributed by atoms with van der Waals surface area (Å²) in [5, 5.41) is 0. The van der Waals surface area contributed by atoms with Gasteiger partial charge in [0.1, 0.15) is 11.5 Å². The molecular weight excluding hydrogens is 428 g/mol. The van der Waals surface area contributed by atoms with Gasteiger partial charge in [0, 0.05) is 0 Å². The summed E-state index contributed by atoms with van der Waals surface area (Å²) in [5.41, 5.74) is 3.51. The van der Waals surface area contributed by atoms with Crippen LogP contribution in [0.2, 0.25) is 0 Å². The smallest absolute Gasteiger partial charge is 0.349 e. The van der Waals surface area contributed by atoms with Crippen LogP contribution >= 0.6 is 15.9 Å². The molecule has 4 heteroatoms. The number of ether oxygens (including phenoxy) is 2. The highest BCUT2D eigenvalue weighted by Crippen LogP contribution is 2.31. The fourth-order valence-electron chi connectivity index (χ4n) is 2.90. The van der Waals surface area contributed by atoms with Crippen molar-refractivity contribution >= 4 is 21.9 Å². The van der Waals surface area contributed by atoms with Crippen LogP contribution in [0.4, 0.5) is 0 Å². The number of halogens is 1. The van der Waals surface area contributed by atoms with E-state index in [1.807, 2.05) is 72.8 Å². The highest BCUT2D eigenvalue weighted by Gasteiger charge is 2.18. The maximum atomic E-state index is 12.2. The molecule has 0 aromatic heterocycles. The minimum Gasteiger partial charge on any atom is -0.481 e. The van der Waals surface area contributed by atoms with E-state index in [9.17, 15) is 4.79 Å². The lowest BCUT2D eigenvalue weighted by Crippen LogP contribution is -2.18. The number of carbonyl (C=O) groups excluding carboxylic acids is 1. The summed E-state index contributed by atoms with van der Waals surface area (Å²) < 4.78 is 11.8. The molecule has 0 bridgehead atoms. The number of benzene rings is 3. The molecule has 3 aromatic carbocycles. The van der Waals surface area contributed by atoms with Crippen LogP contribution in [0, 0.1) is 0 Å². The van der Waals surface area contributed by atoms with Crippen LogP contribution in [0.1, 0.15) is 32.8 Å². The molecule has 0 N–H and O–H groups in total. The van der Waals surface area contributed by atoms with Crippen LogP contribution in [0.15, 0.2) is 77.3 Å². The van der Waals surface area contributed by atoms with Crippen LogP contribution in [0.3, 0.4) is 0 Å². The molecule has 0 radical (unpaired) electrons. The molecule has 0 spiro atoms. The Morgan fingerprint density at radius 3 is 2.24 bits per heavy atom. The summed E-state index contributed by atoms with van der Waals surface area (Å²) in [4.78, 5) is 12.2. The van der Waals surface area contributed by atoms with Crippen LogP contribution in [0.5, 0.6) is 11.5 Å².